The van der Waals surface area contributed by atoms with Gasteiger partial charge >= 0.3 is 0 Å². The molecule has 0 bridgehead atoms. The molecule has 5 nitrogen and oxygen atoms in total. The highest BCUT2D eigenvalue weighted by molar-refractivity contribution is 6.10. The molecule has 4 aromatic rings. The standard InChI is InChI=1S/C24H18N2O3/c1-14-7-9-16(10-8-14)21-20-22(27)17-5-3-4-6-18(17)29-23(20)24(28)26(21)19-13-15(2)11-12-25-19/h3-13,21H,1-2H3/t21-/m1/s1. The van der Waals surface area contributed by atoms with E-state index in [-0.39, 0.29) is 17.1 Å². The zero-order valence-corrected chi connectivity index (χ0v) is 16.0. The molecule has 142 valence electrons. The third-order valence-corrected chi connectivity index (χ3v) is 5.32. The Hall–Kier alpha value is -3.73. The van der Waals surface area contributed by atoms with Gasteiger partial charge in [0, 0.05) is 6.20 Å². The number of carbonyl (C=O) groups is 1. The first-order valence-corrected chi connectivity index (χ1v) is 9.43. The molecule has 0 radical (unpaired) electrons. The molecule has 3 heterocycles. The van der Waals surface area contributed by atoms with Gasteiger partial charge in [-0.1, -0.05) is 42.0 Å². The predicted octanol–water partition coefficient (Wildman–Crippen LogP) is 4.55. The van der Waals surface area contributed by atoms with Crippen LogP contribution in [0, 0.1) is 13.8 Å². The summed E-state index contributed by atoms with van der Waals surface area (Å²) in [5.41, 5.74) is 3.51. The number of anilines is 1. The zero-order valence-electron chi connectivity index (χ0n) is 16.0. The topological polar surface area (TPSA) is 63.4 Å². The van der Waals surface area contributed by atoms with Gasteiger partial charge in [-0.25, -0.2) is 4.98 Å². The Morgan fingerprint density at radius 1 is 0.931 bits per heavy atom. The Balaban J connectivity index is 1.82. The van der Waals surface area contributed by atoms with Crippen molar-refractivity contribution in [2.75, 3.05) is 4.90 Å². The van der Waals surface area contributed by atoms with Crippen LogP contribution in [-0.4, -0.2) is 10.9 Å². The van der Waals surface area contributed by atoms with E-state index in [1.807, 2.05) is 50.2 Å². The molecule has 0 fully saturated rings. The van der Waals surface area contributed by atoms with E-state index >= 15 is 0 Å². The number of hydrogen-bond donors (Lipinski definition) is 0. The molecule has 0 spiro atoms. The number of benzene rings is 2. The maximum absolute atomic E-state index is 13.4. The molecule has 0 saturated heterocycles. The molecule has 5 rings (SSSR count). The van der Waals surface area contributed by atoms with Crippen molar-refractivity contribution in [3.05, 3.63) is 105 Å². The highest BCUT2D eigenvalue weighted by atomic mass is 16.3. The number of aromatic nitrogens is 1. The SMILES string of the molecule is Cc1ccc([C@@H]2c3c(oc4ccccc4c3=O)C(=O)N2c2cc(C)ccn2)cc1. The minimum atomic E-state index is -0.590. The number of hydrogen-bond acceptors (Lipinski definition) is 4. The van der Waals surface area contributed by atoms with Crippen LogP contribution in [0.4, 0.5) is 5.82 Å². The monoisotopic (exact) mass is 382 g/mol. The van der Waals surface area contributed by atoms with Crippen molar-refractivity contribution in [1.82, 2.24) is 4.98 Å². The van der Waals surface area contributed by atoms with E-state index < -0.39 is 6.04 Å². The molecule has 2 aromatic carbocycles. The number of rotatable bonds is 2. The van der Waals surface area contributed by atoms with Crippen molar-refractivity contribution >= 4 is 22.7 Å². The maximum atomic E-state index is 13.4. The highest BCUT2D eigenvalue weighted by Crippen LogP contribution is 2.40. The number of pyridine rings is 1. The molecule has 0 aliphatic carbocycles. The van der Waals surface area contributed by atoms with Crippen LogP contribution in [-0.2, 0) is 0 Å². The lowest BCUT2D eigenvalue weighted by Gasteiger charge is -2.24. The molecule has 29 heavy (non-hydrogen) atoms. The normalized spacial score (nSPS) is 15.7. The van der Waals surface area contributed by atoms with Crippen molar-refractivity contribution in [2.24, 2.45) is 0 Å². The van der Waals surface area contributed by atoms with E-state index in [0.717, 1.165) is 16.7 Å². The second-order valence-corrected chi connectivity index (χ2v) is 7.35. The molecule has 5 heteroatoms. The Labute approximate surface area is 167 Å². The first-order chi connectivity index (χ1) is 14.0. The van der Waals surface area contributed by atoms with Gasteiger partial charge in [0.2, 0.25) is 5.76 Å². The number of para-hydroxylation sites is 1. The fourth-order valence-corrected chi connectivity index (χ4v) is 3.87. The molecular formula is C24H18N2O3. The molecule has 0 saturated carbocycles. The van der Waals surface area contributed by atoms with E-state index in [2.05, 4.69) is 4.98 Å². The van der Waals surface area contributed by atoms with Crippen LogP contribution in [0.1, 0.15) is 38.9 Å². The Bertz CT molecular complexity index is 1320. The van der Waals surface area contributed by atoms with E-state index in [1.54, 1.807) is 35.4 Å². The summed E-state index contributed by atoms with van der Waals surface area (Å²) in [6.45, 7) is 3.94. The van der Waals surface area contributed by atoms with Gasteiger partial charge in [-0.05, 0) is 49.2 Å². The van der Waals surface area contributed by atoms with Gasteiger partial charge in [-0.2, -0.15) is 0 Å². The van der Waals surface area contributed by atoms with Crippen LogP contribution in [0.25, 0.3) is 11.0 Å². The van der Waals surface area contributed by atoms with Crippen molar-refractivity contribution in [3.8, 4) is 0 Å². The first kappa shape index (κ1) is 17.4. The molecule has 1 aliphatic rings. The zero-order chi connectivity index (χ0) is 20.1. The average Bonchev–Trinajstić information content (AvgIpc) is 3.02. The summed E-state index contributed by atoms with van der Waals surface area (Å²) in [6.07, 6.45) is 1.67. The van der Waals surface area contributed by atoms with Gasteiger partial charge in [0.1, 0.15) is 11.4 Å². The molecule has 1 amide bonds. The maximum Gasteiger partial charge on any atom is 0.296 e. The van der Waals surface area contributed by atoms with E-state index in [9.17, 15) is 9.59 Å². The molecule has 0 unspecified atom stereocenters. The van der Waals surface area contributed by atoms with Gasteiger partial charge < -0.3 is 4.42 Å². The van der Waals surface area contributed by atoms with Crippen LogP contribution in [0.5, 0.6) is 0 Å². The van der Waals surface area contributed by atoms with Crippen LogP contribution in [0.15, 0.2) is 76.1 Å². The summed E-state index contributed by atoms with van der Waals surface area (Å²) < 4.78 is 5.94. The fourth-order valence-electron chi connectivity index (χ4n) is 3.87. The number of fused-ring (bicyclic) bond motifs is 2. The smallest absolute Gasteiger partial charge is 0.296 e. The summed E-state index contributed by atoms with van der Waals surface area (Å²) in [6, 6.07) is 18.0. The van der Waals surface area contributed by atoms with Gasteiger partial charge in [-0.3, -0.25) is 14.5 Å². The number of nitrogens with zero attached hydrogens (tertiary/aromatic N) is 2. The van der Waals surface area contributed by atoms with Gasteiger partial charge in [0.15, 0.2) is 5.43 Å². The minimum Gasteiger partial charge on any atom is -0.450 e. The summed E-state index contributed by atoms with van der Waals surface area (Å²) in [7, 11) is 0. The van der Waals surface area contributed by atoms with E-state index in [0.29, 0.717) is 22.4 Å². The Morgan fingerprint density at radius 2 is 1.69 bits per heavy atom. The summed E-state index contributed by atoms with van der Waals surface area (Å²) in [5.74, 6) is 0.226. The lowest BCUT2D eigenvalue weighted by atomic mass is 9.97. The van der Waals surface area contributed by atoms with Crippen molar-refractivity contribution in [3.63, 3.8) is 0 Å². The number of amides is 1. The summed E-state index contributed by atoms with van der Waals surface area (Å²) in [4.78, 5) is 32.8. The molecule has 1 aliphatic heterocycles. The van der Waals surface area contributed by atoms with Crippen LogP contribution < -0.4 is 10.3 Å². The van der Waals surface area contributed by atoms with Crippen molar-refractivity contribution in [1.29, 1.82) is 0 Å². The van der Waals surface area contributed by atoms with Crippen LogP contribution >= 0.6 is 0 Å². The highest BCUT2D eigenvalue weighted by Gasteiger charge is 2.44. The molecule has 0 N–H and O–H groups in total. The Kier molecular flexibility index (Phi) is 3.84. The second-order valence-electron chi connectivity index (χ2n) is 7.35. The molecule has 2 aromatic heterocycles. The fraction of sp³-hybridized carbons (Fsp3) is 0.125. The van der Waals surface area contributed by atoms with E-state index in [4.69, 9.17) is 4.42 Å². The lowest BCUT2D eigenvalue weighted by Crippen LogP contribution is -2.30. The summed E-state index contributed by atoms with van der Waals surface area (Å²) >= 11 is 0. The third kappa shape index (κ3) is 2.66. The van der Waals surface area contributed by atoms with Gasteiger partial charge in [0.25, 0.3) is 5.91 Å². The van der Waals surface area contributed by atoms with Crippen molar-refractivity contribution < 1.29 is 9.21 Å². The first-order valence-electron chi connectivity index (χ1n) is 9.43. The quantitative estimate of drug-likeness (QED) is 0.510. The molecule has 1 atom stereocenters. The van der Waals surface area contributed by atoms with Gasteiger partial charge in [0.05, 0.1) is 17.0 Å². The van der Waals surface area contributed by atoms with Crippen LogP contribution in [0.3, 0.4) is 0 Å². The largest absolute Gasteiger partial charge is 0.450 e. The Morgan fingerprint density at radius 3 is 2.45 bits per heavy atom. The lowest BCUT2D eigenvalue weighted by molar-refractivity contribution is 0.0970. The van der Waals surface area contributed by atoms with E-state index in [1.165, 1.54) is 0 Å². The number of carbonyl (C=O) groups excluding carboxylic acids is 1. The second kappa shape index (κ2) is 6.41. The van der Waals surface area contributed by atoms with Crippen molar-refractivity contribution in [2.45, 2.75) is 19.9 Å². The third-order valence-electron chi connectivity index (χ3n) is 5.32. The molecular weight excluding hydrogens is 364 g/mol. The van der Waals surface area contributed by atoms with Crippen LogP contribution in [0.2, 0.25) is 0 Å². The average molecular weight is 382 g/mol. The predicted molar refractivity (Wildman–Crippen MR) is 111 cm³/mol. The van der Waals surface area contributed by atoms with Gasteiger partial charge in [-0.15, -0.1) is 0 Å². The minimum absolute atomic E-state index is 0.0857. The number of aryl methyl sites for hydroxylation is 2. The summed E-state index contributed by atoms with van der Waals surface area (Å²) in [5, 5.41) is 0.468.